The van der Waals surface area contributed by atoms with Crippen molar-refractivity contribution in [3.63, 3.8) is 0 Å². The standard InChI is InChI=1S/C23H20N4O3S/c1-26(2)17-7-5-16(6-8-17)22(28)27(13-15-4-3-9-24-12-15)23-25-18-10-19-20(30-14-29-19)11-21(18)31-23/h3-12H,13-14H2,1-2H3. The molecule has 2 aromatic heterocycles. The van der Waals surface area contributed by atoms with Crippen molar-refractivity contribution in [2.75, 3.05) is 30.7 Å². The molecule has 0 saturated carbocycles. The number of carbonyl (C=O) groups is 1. The Morgan fingerprint density at radius 1 is 1.10 bits per heavy atom. The molecule has 0 fully saturated rings. The monoisotopic (exact) mass is 432 g/mol. The van der Waals surface area contributed by atoms with E-state index in [4.69, 9.17) is 14.5 Å². The summed E-state index contributed by atoms with van der Waals surface area (Å²) in [5.41, 5.74) is 3.33. The minimum atomic E-state index is -0.117. The Kier molecular flexibility index (Phi) is 4.91. The van der Waals surface area contributed by atoms with Crippen LogP contribution in [-0.4, -0.2) is 36.8 Å². The smallest absolute Gasteiger partial charge is 0.260 e. The lowest BCUT2D eigenvalue weighted by Crippen LogP contribution is -2.30. The minimum absolute atomic E-state index is 0.117. The minimum Gasteiger partial charge on any atom is -0.454 e. The van der Waals surface area contributed by atoms with Gasteiger partial charge in [0.25, 0.3) is 5.91 Å². The highest BCUT2D eigenvalue weighted by Gasteiger charge is 2.24. The molecule has 0 atom stereocenters. The van der Waals surface area contributed by atoms with E-state index in [-0.39, 0.29) is 12.7 Å². The van der Waals surface area contributed by atoms with Gasteiger partial charge in [0.15, 0.2) is 16.6 Å². The molecule has 0 unspecified atom stereocenters. The fraction of sp³-hybridized carbons (Fsp3) is 0.174. The molecule has 0 saturated heterocycles. The van der Waals surface area contributed by atoms with Crippen molar-refractivity contribution in [3.8, 4) is 11.5 Å². The van der Waals surface area contributed by atoms with Crippen molar-refractivity contribution in [2.24, 2.45) is 0 Å². The predicted molar refractivity (Wildman–Crippen MR) is 121 cm³/mol. The summed E-state index contributed by atoms with van der Waals surface area (Å²) in [5.74, 6) is 1.26. The van der Waals surface area contributed by atoms with E-state index >= 15 is 0 Å². The van der Waals surface area contributed by atoms with Crippen molar-refractivity contribution in [1.82, 2.24) is 9.97 Å². The maximum Gasteiger partial charge on any atom is 0.260 e. The number of amides is 1. The third kappa shape index (κ3) is 3.77. The molecular weight excluding hydrogens is 412 g/mol. The molecule has 4 aromatic rings. The number of nitrogens with zero attached hydrogens (tertiary/aromatic N) is 4. The SMILES string of the molecule is CN(C)c1ccc(C(=O)N(Cc2cccnc2)c2nc3cc4c(cc3s2)OCO4)cc1. The first-order chi connectivity index (χ1) is 15.1. The highest BCUT2D eigenvalue weighted by molar-refractivity contribution is 7.22. The van der Waals surface area contributed by atoms with Crippen molar-refractivity contribution in [3.05, 3.63) is 72.1 Å². The average molecular weight is 433 g/mol. The normalized spacial score (nSPS) is 12.2. The number of aromatic nitrogens is 2. The molecule has 31 heavy (non-hydrogen) atoms. The molecule has 1 aliphatic heterocycles. The fourth-order valence-corrected chi connectivity index (χ4v) is 4.35. The molecule has 3 heterocycles. The van der Waals surface area contributed by atoms with Gasteiger partial charge in [0.05, 0.1) is 16.8 Å². The van der Waals surface area contributed by atoms with E-state index in [9.17, 15) is 4.79 Å². The van der Waals surface area contributed by atoms with Crippen LogP contribution in [0.2, 0.25) is 0 Å². The Balaban J connectivity index is 1.54. The van der Waals surface area contributed by atoms with Gasteiger partial charge in [-0.15, -0.1) is 0 Å². The third-order valence-corrected chi connectivity index (χ3v) is 6.08. The molecule has 2 aromatic carbocycles. The summed E-state index contributed by atoms with van der Waals surface area (Å²) >= 11 is 1.45. The first kappa shape index (κ1) is 19.3. The van der Waals surface area contributed by atoms with Crippen LogP contribution in [0.25, 0.3) is 10.2 Å². The van der Waals surface area contributed by atoms with Gasteiger partial charge in [-0.3, -0.25) is 14.7 Å². The Bertz CT molecular complexity index is 1200. The zero-order valence-electron chi connectivity index (χ0n) is 17.1. The largest absolute Gasteiger partial charge is 0.454 e. The average Bonchev–Trinajstić information content (AvgIpc) is 3.41. The molecule has 7 nitrogen and oxygen atoms in total. The maximum absolute atomic E-state index is 13.5. The second-order valence-corrected chi connectivity index (χ2v) is 8.37. The van der Waals surface area contributed by atoms with Crippen LogP contribution < -0.4 is 19.3 Å². The van der Waals surface area contributed by atoms with Crippen LogP contribution in [0, 0.1) is 0 Å². The van der Waals surface area contributed by atoms with Crippen molar-refractivity contribution >= 4 is 38.3 Å². The summed E-state index contributed by atoms with van der Waals surface area (Å²) in [5, 5.41) is 0.615. The number of ether oxygens (including phenoxy) is 2. The first-order valence-electron chi connectivity index (χ1n) is 9.77. The van der Waals surface area contributed by atoms with Crippen LogP contribution in [0.4, 0.5) is 10.8 Å². The number of rotatable bonds is 5. The van der Waals surface area contributed by atoms with E-state index in [0.717, 1.165) is 21.5 Å². The summed E-state index contributed by atoms with van der Waals surface area (Å²) in [6.45, 7) is 0.586. The van der Waals surface area contributed by atoms with Gasteiger partial charge in [-0.2, -0.15) is 0 Å². The molecule has 1 aliphatic rings. The van der Waals surface area contributed by atoms with E-state index in [1.807, 2.05) is 67.5 Å². The molecule has 0 N–H and O–H groups in total. The number of anilines is 2. The summed E-state index contributed by atoms with van der Waals surface area (Å²) in [7, 11) is 3.94. The van der Waals surface area contributed by atoms with Crippen LogP contribution in [0.1, 0.15) is 15.9 Å². The van der Waals surface area contributed by atoms with Crippen LogP contribution in [0.15, 0.2) is 60.9 Å². The summed E-state index contributed by atoms with van der Waals surface area (Å²) in [4.78, 5) is 26.1. The van der Waals surface area contributed by atoms with Crippen molar-refractivity contribution < 1.29 is 14.3 Å². The van der Waals surface area contributed by atoms with Crippen LogP contribution in [0.5, 0.6) is 11.5 Å². The summed E-state index contributed by atoms with van der Waals surface area (Å²) in [6, 6.07) is 15.1. The van der Waals surface area contributed by atoms with E-state index in [1.54, 1.807) is 17.3 Å². The van der Waals surface area contributed by atoms with Gasteiger partial charge in [0.2, 0.25) is 6.79 Å². The van der Waals surface area contributed by atoms with Gasteiger partial charge in [0, 0.05) is 49.9 Å². The van der Waals surface area contributed by atoms with Crippen LogP contribution in [-0.2, 0) is 6.54 Å². The number of hydrogen-bond acceptors (Lipinski definition) is 7. The lowest BCUT2D eigenvalue weighted by molar-refractivity contribution is 0.0985. The molecule has 0 bridgehead atoms. The number of pyridine rings is 1. The quantitative estimate of drug-likeness (QED) is 0.468. The summed E-state index contributed by atoms with van der Waals surface area (Å²) in [6.07, 6.45) is 3.48. The van der Waals surface area contributed by atoms with E-state index < -0.39 is 0 Å². The zero-order chi connectivity index (χ0) is 21.4. The van der Waals surface area contributed by atoms with Gasteiger partial charge >= 0.3 is 0 Å². The fourth-order valence-electron chi connectivity index (χ4n) is 3.38. The van der Waals surface area contributed by atoms with Crippen molar-refractivity contribution in [1.29, 1.82) is 0 Å². The van der Waals surface area contributed by atoms with Gasteiger partial charge in [-0.25, -0.2) is 4.98 Å². The summed E-state index contributed by atoms with van der Waals surface area (Å²) < 4.78 is 11.9. The lowest BCUT2D eigenvalue weighted by atomic mass is 10.1. The maximum atomic E-state index is 13.5. The highest BCUT2D eigenvalue weighted by atomic mass is 32.1. The zero-order valence-corrected chi connectivity index (χ0v) is 17.9. The molecule has 156 valence electrons. The number of fused-ring (bicyclic) bond motifs is 2. The van der Waals surface area contributed by atoms with E-state index in [0.29, 0.717) is 28.7 Å². The molecule has 5 rings (SSSR count). The Morgan fingerprint density at radius 3 is 2.58 bits per heavy atom. The number of carbonyl (C=O) groups excluding carboxylic acids is 1. The second kappa shape index (κ2) is 7.88. The molecular formula is C23H20N4O3S. The predicted octanol–water partition coefficient (Wildman–Crippen LogP) is 4.33. The third-order valence-electron chi connectivity index (χ3n) is 5.04. The number of thiazole rings is 1. The molecule has 0 aliphatic carbocycles. The number of hydrogen-bond donors (Lipinski definition) is 0. The molecule has 0 spiro atoms. The van der Waals surface area contributed by atoms with Crippen LogP contribution in [0.3, 0.4) is 0 Å². The van der Waals surface area contributed by atoms with Gasteiger partial charge in [-0.1, -0.05) is 17.4 Å². The topological polar surface area (TPSA) is 67.8 Å². The second-order valence-electron chi connectivity index (χ2n) is 7.36. The Morgan fingerprint density at radius 2 is 1.87 bits per heavy atom. The molecule has 1 amide bonds. The van der Waals surface area contributed by atoms with Crippen LogP contribution >= 0.6 is 11.3 Å². The van der Waals surface area contributed by atoms with E-state index in [2.05, 4.69) is 4.98 Å². The Hall–Kier alpha value is -3.65. The van der Waals surface area contributed by atoms with E-state index in [1.165, 1.54) is 11.3 Å². The van der Waals surface area contributed by atoms with Gasteiger partial charge in [-0.05, 0) is 35.9 Å². The lowest BCUT2D eigenvalue weighted by Gasteiger charge is -2.20. The van der Waals surface area contributed by atoms with Gasteiger partial charge in [0.1, 0.15) is 0 Å². The van der Waals surface area contributed by atoms with Crippen molar-refractivity contribution in [2.45, 2.75) is 6.54 Å². The first-order valence-corrected chi connectivity index (χ1v) is 10.6. The molecule has 8 heteroatoms. The number of benzene rings is 2. The highest BCUT2D eigenvalue weighted by Crippen LogP contribution is 2.40. The Labute approximate surface area is 183 Å². The molecule has 0 radical (unpaired) electrons. The van der Waals surface area contributed by atoms with Gasteiger partial charge < -0.3 is 14.4 Å².